The second-order valence-corrected chi connectivity index (χ2v) is 4.48. The van der Waals surface area contributed by atoms with E-state index < -0.39 is 18.5 Å². The highest BCUT2D eigenvalue weighted by molar-refractivity contribution is 9.10. The first-order chi connectivity index (χ1) is 7.83. The molecular weight excluding hydrogens is 327 g/mol. The van der Waals surface area contributed by atoms with Gasteiger partial charge in [-0.15, -0.1) is 11.6 Å². The van der Waals surface area contributed by atoms with Crippen LogP contribution in [0.5, 0.6) is 0 Å². The van der Waals surface area contributed by atoms with Crippen LogP contribution < -0.4 is 4.90 Å². The van der Waals surface area contributed by atoms with E-state index in [0.717, 1.165) is 11.0 Å². The van der Waals surface area contributed by atoms with Crippen LogP contribution in [0.2, 0.25) is 0 Å². The molecule has 0 N–H and O–H groups in total. The van der Waals surface area contributed by atoms with Gasteiger partial charge in [-0.1, -0.05) is 0 Å². The molecule has 17 heavy (non-hydrogen) atoms. The van der Waals surface area contributed by atoms with Crippen LogP contribution in [0, 0.1) is 5.82 Å². The molecular formula is C9H8BrClF4N2. The van der Waals surface area contributed by atoms with E-state index in [0.29, 0.717) is 4.47 Å². The molecule has 0 spiro atoms. The minimum absolute atomic E-state index is 0.0483. The number of hydrogen-bond donors (Lipinski definition) is 0. The highest BCUT2D eigenvalue weighted by atomic mass is 79.9. The predicted octanol–water partition coefficient (Wildman–Crippen LogP) is 3.59. The van der Waals surface area contributed by atoms with Gasteiger partial charge in [-0.2, -0.15) is 13.2 Å². The Labute approximate surface area is 109 Å². The average molecular weight is 336 g/mol. The van der Waals surface area contributed by atoms with Gasteiger partial charge in [0.1, 0.15) is 6.54 Å². The lowest BCUT2D eigenvalue weighted by atomic mass is 10.4. The first kappa shape index (κ1) is 14.5. The summed E-state index contributed by atoms with van der Waals surface area (Å²) in [6, 6.07) is 1.06. The molecule has 0 unspecified atom stereocenters. The Morgan fingerprint density at radius 3 is 2.53 bits per heavy atom. The Balaban J connectivity index is 2.97. The maximum Gasteiger partial charge on any atom is 0.405 e. The van der Waals surface area contributed by atoms with Crippen molar-refractivity contribution in [2.45, 2.75) is 6.18 Å². The third kappa shape index (κ3) is 4.67. The average Bonchev–Trinajstić information content (AvgIpc) is 2.14. The Hall–Kier alpha value is -0.560. The van der Waals surface area contributed by atoms with E-state index in [1.165, 1.54) is 6.20 Å². The summed E-state index contributed by atoms with van der Waals surface area (Å²) in [6.45, 7) is -1.42. The van der Waals surface area contributed by atoms with Gasteiger partial charge in [0.15, 0.2) is 11.6 Å². The molecule has 0 fully saturated rings. The lowest BCUT2D eigenvalue weighted by Gasteiger charge is -2.24. The normalized spacial score (nSPS) is 11.6. The molecule has 2 nitrogen and oxygen atoms in total. The third-order valence-corrected chi connectivity index (χ3v) is 2.42. The maximum atomic E-state index is 13.5. The number of aromatic nitrogens is 1. The van der Waals surface area contributed by atoms with E-state index in [1.807, 2.05) is 0 Å². The molecule has 0 amide bonds. The van der Waals surface area contributed by atoms with Crippen LogP contribution in [0.3, 0.4) is 0 Å². The Morgan fingerprint density at radius 1 is 1.41 bits per heavy atom. The van der Waals surface area contributed by atoms with E-state index in [-0.39, 0.29) is 18.2 Å². The SMILES string of the molecule is Fc1cc(Br)cnc1N(CCCl)CC(F)(F)F. The molecule has 0 saturated carbocycles. The summed E-state index contributed by atoms with van der Waals surface area (Å²) in [5.74, 6) is -1.23. The van der Waals surface area contributed by atoms with Gasteiger partial charge in [0.25, 0.3) is 0 Å². The fraction of sp³-hybridized carbons (Fsp3) is 0.444. The number of rotatable bonds is 4. The largest absolute Gasteiger partial charge is 0.405 e. The first-order valence-corrected chi connectivity index (χ1v) is 5.85. The molecule has 1 aromatic heterocycles. The minimum atomic E-state index is -4.44. The number of alkyl halides is 4. The molecule has 1 aromatic rings. The summed E-state index contributed by atoms with van der Waals surface area (Å²) in [5, 5.41) is 0. The van der Waals surface area contributed by atoms with Crippen molar-refractivity contribution in [3.05, 3.63) is 22.6 Å². The van der Waals surface area contributed by atoms with Crippen LogP contribution in [0.4, 0.5) is 23.4 Å². The first-order valence-electron chi connectivity index (χ1n) is 4.52. The van der Waals surface area contributed by atoms with E-state index in [1.54, 1.807) is 0 Å². The summed E-state index contributed by atoms with van der Waals surface area (Å²) in [7, 11) is 0. The Bertz CT molecular complexity index is 386. The molecule has 8 heteroatoms. The fourth-order valence-electron chi connectivity index (χ4n) is 1.22. The maximum absolute atomic E-state index is 13.5. The van der Waals surface area contributed by atoms with Crippen molar-refractivity contribution in [2.75, 3.05) is 23.9 Å². The van der Waals surface area contributed by atoms with Gasteiger partial charge in [-0.25, -0.2) is 9.37 Å². The van der Waals surface area contributed by atoms with Gasteiger partial charge < -0.3 is 4.90 Å². The summed E-state index contributed by atoms with van der Waals surface area (Å²) in [4.78, 5) is 4.39. The van der Waals surface area contributed by atoms with Crippen molar-refractivity contribution in [3.8, 4) is 0 Å². The topological polar surface area (TPSA) is 16.1 Å². The Morgan fingerprint density at radius 2 is 2.06 bits per heavy atom. The van der Waals surface area contributed by atoms with Gasteiger partial charge in [0, 0.05) is 23.1 Å². The van der Waals surface area contributed by atoms with Crippen LogP contribution in [0.15, 0.2) is 16.7 Å². The number of hydrogen-bond acceptors (Lipinski definition) is 2. The molecule has 96 valence electrons. The molecule has 0 radical (unpaired) electrons. The molecule has 0 aliphatic rings. The van der Waals surface area contributed by atoms with Crippen LogP contribution in [0.25, 0.3) is 0 Å². The van der Waals surface area contributed by atoms with Crippen molar-refractivity contribution in [1.82, 2.24) is 4.98 Å². The van der Waals surface area contributed by atoms with Crippen LogP contribution >= 0.6 is 27.5 Å². The zero-order valence-electron chi connectivity index (χ0n) is 8.44. The lowest BCUT2D eigenvalue weighted by molar-refractivity contribution is -0.119. The van der Waals surface area contributed by atoms with Gasteiger partial charge in [-0.3, -0.25) is 0 Å². The smallest absolute Gasteiger partial charge is 0.344 e. The summed E-state index contributed by atoms with van der Waals surface area (Å²) in [5.41, 5.74) is 0. The number of halogens is 6. The van der Waals surface area contributed by atoms with Gasteiger partial charge in [-0.05, 0) is 22.0 Å². The van der Waals surface area contributed by atoms with Crippen molar-refractivity contribution >= 4 is 33.3 Å². The zero-order chi connectivity index (χ0) is 13.1. The van der Waals surface area contributed by atoms with E-state index in [9.17, 15) is 17.6 Å². The summed E-state index contributed by atoms with van der Waals surface area (Å²) >= 11 is 8.37. The van der Waals surface area contributed by atoms with E-state index in [4.69, 9.17) is 11.6 Å². The van der Waals surface area contributed by atoms with Gasteiger partial charge in [0.05, 0.1) is 0 Å². The second-order valence-electron chi connectivity index (χ2n) is 3.18. The molecule has 0 saturated heterocycles. The quantitative estimate of drug-likeness (QED) is 0.617. The zero-order valence-corrected chi connectivity index (χ0v) is 10.8. The fourth-order valence-corrected chi connectivity index (χ4v) is 1.73. The number of anilines is 1. The molecule has 0 bridgehead atoms. The second kappa shape index (κ2) is 5.86. The van der Waals surface area contributed by atoms with E-state index in [2.05, 4.69) is 20.9 Å². The highest BCUT2D eigenvalue weighted by Gasteiger charge is 2.32. The number of nitrogens with zero attached hydrogens (tertiary/aromatic N) is 2. The van der Waals surface area contributed by atoms with Gasteiger partial charge >= 0.3 is 6.18 Å². The van der Waals surface area contributed by atoms with Crippen molar-refractivity contribution < 1.29 is 17.6 Å². The van der Waals surface area contributed by atoms with Crippen molar-refractivity contribution in [1.29, 1.82) is 0 Å². The predicted molar refractivity (Wildman–Crippen MR) is 60.9 cm³/mol. The third-order valence-electron chi connectivity index (χ3n) is 1.81. The van der Waals surface area contributed by atoms with Crippen LogP contribution in [-0.4, -0.2) is 30.1 Å². The molecule has 0 aromatic carbocycles. The molecule has 1 heterocycles. The van der Waals surface area contributed by atoms with Crippen molar-refractivity contribution in [2.24, 2.45) is 0 Å². The highest BCUT2D eigenvalue weighted by Crippen LogP contribution is 2.24. The minimum Gasteiger partial charge on any atom is -0.344 e. The Kier molecular flexibility index (Phi) is 5.00. The van der Waals surface area contributed by atoms with Gasteiger partial charge in [0.2, 0.25) is 0 Å². The standard InChI is InChI=1S/C9H8BrClF4N2/c10-6-3-7(12)8(16-4-6)17(2-1-11)5-9(13,14)15/h3-4H,1-2,5H2. The van der Waals surface area contributed by atoms with E-state index >= 15 is 0 Å². The molecule has 0 aliphatic carbocycles. The lowest BCUT2D eigenvalue weighted by Crippen LogP contribution is -2.36. The van der Waals surface area contributed by atoms with Crippen molar-refractivity contribution in [3.63, 3.8) is 0 Å². The molecule has 0 aliphatic heterocycles. The monoisotopic (exact) mass is 334 g/mol. The summed E-state index contributed by atoms with van der Waals surface area (Å²) in [6.07, 6.45) is -3.21. The van der Waals surface area contributed by atoms with Crippen LogP contribution in [0.1, 0.15) is 0 Å². The molecule has 0 atom stereocenters. The molecule has 1 rings (SSSR count). The number of pyridine rings is 1. The van der Waals surface area contributed by atoms with Crippen LogP contribution in [-0.2, 0) is 0 Å². The summed E-state index contributed by atoms with van der Waals surface area (Å²) < 4.78 is 50.7.